The Hall–Kier alpha value is -2.86. The summed E-state index contributed by atoms with van der Waals surface area (Å²) in [4.78, 5) is 21.7. The number of amides is 2. The Morgan fingerprint density at radius 1 is 1.14 bits per heavy atom. The minimum atomic E-state index is 0.0393. The fourth-order valence-electron chi connectivity index (χ4n) is 4.24. The third-order valence-electron chi connectivity index (χ3n) is 5.75. The molecule has 0 saturated carbocycles. The third-order valence-corrected chi connectivity index (χ3v) is 5.75. The van der Waals surface area contributed by atoms with Gasteiger partial charge in [0.15, 0.2) is 0 Å². The Balaban J connectivity index is 1.38. The number of hydrogen-bond donors (Lipinski definition) is 1. The van der Waals surface area contributed by atoms with Gasteiger partial charge in [-0.1, -0.05) is 30.3 Å². The van der Waals surface area contributed by atoms with Gasteiger partial charge in [-0.05, 0) is 43.1 Å². The molecule has 3 aromatic rings. The van der Waals surface area contributed by atoms with Crippen molar-refractivity contribution in [1.29, 1.82) is 0 Å². The van der Waals surface area contributed by atoms with Crippen LogP contribution in [0.5, 0.6) is 0 Å². The highest BCUT2D eigenvalue weighted by Gasteiger charge is 2.29. The van der Waals surface area contributed by atoms with Crippen LogP contribution in [0.3, 0.4) is 0 Å². The first-order valence-electron chi connectivity index (χ1n) is 10.3. The van der Waals surface area contributed by atoms with Crippen LogP contribution in [-0.4, -0.2) is 64.7 Å². The highest BCUT2D eigenvalue weighted by atomic mass is 16.2. The maximum Gasteiger partial charge on any atom is 0.317 e. The number of piperazine rings is 1. The molecule has 1 atom stereocenters. The zero-order valence-corrected chi connectivity index (χ0v) is 17.2. The number of benzene rings is 1. The molecule has 6 nitrogen and oxygen atoms in total. The zero-order chi connectivity index (χ0) is 20.2. The molecule has 6 heteroatoms. The van der Waals surface area contributed by atoms with Crippen molar-refractivity contribution in [3.8, 4) is 0 Å². The molecule has 1 aromatic carbocycles. The summed E-state index contributed by atoms with van der Waals surface area (Å²) in [6.07, 6.45) is 5.60. The van der Waals surface area contributed by atoms with Crippen molar-refractivity contribution >= 4 is 17.1 Å². The van der Waals surface area contributed by atoms with Gasteiger partial charge in [-0.25, -0.2) is 9.78 Å². The molecule has 0 bridgehead atoms. The van der Waals surface area contributed by atoms with Crippen LogP contribution in [0.2, 0.25) is 0 Å². The summed E-state index contributed by atoms with van der Waals surface area (Å²) in [5.41, 5.74) is 3.47. The molecule has 1 aliphatic heterocycles. The van der Waals surface area contributed by atoms with Crippen molar-refractivity contribution in [3.05, 3.63) is 66.0 Å². The quantitative estimate of drug-likeness (QED) is 0.728. The Morgan fingerprint density at radius 2 is 1.97 bits per heavy atom. The summed E-state index contributed by atoms with van der Waals surface area (Å²) in [7, 11) is 4.14. The van der Waals surface area contributed by atoms with E-state index >= 15 is 0 Å². The van der Waals surface area contributed by atoms with Gasteiger partial charge in [0.05, 0.1) is 6.04 Å². The topological polar surface area (TPSA) is 53.4 Å². The fraction of sp³-hybridized carbons (Fsp3) is 0.391. The summed E-state index contributed by atoms with van der Waals surface area (Å²) in [6, 6.07) is 14.7. The van der Waals surface area contributed by atoms with Gasteiger partial charge in [0, 0.05) is 51.0 Å². The maximum absolute atomic E-state index is 12.9. The van der Waals surface area contributed by atoms with E-state index in [0.717, 1.165) is 43.5 Å². The monoisotopic (exact) mass is 391 g/mol. The summed E-state index contributed by atoms with van der Waals surface area (Å²) in [6.45, 7) is 3.19. The van der Waals surface area contributed by atoms with Gasteiger partial charge in [0.1, 0.15) is 5.65 Å². The molecule has 1 aliphatic rings. The molecule has 0 spiro atoms. The first-order chi connectivity index (χ1) is 14.1. The molecule has 1 saturated heterocycles. The van der Waals surface area contributed by atoms with Crippen molar-refractivity contribution in [1.82, 2.24) is 24.7 Å². The van der Waals surface area contributed by atoms with E-state index in [2.05, 4.69) is 58.8 Å². The van der Waals surface area contributed by atoms with Crippen molar-refractivity contribution in [3.63, 3.8) is 0 Å². The molecule has 1 fully saturated rings. The number of pyridine rings is 1. The summed E-state index contributed by atoms with van der Waals surface area (Å²) < 4.78 is 2.04. The lowest BCUT2D eigenvalue weighted by Gasteiger charge is -2.40. The van der Waals surface area contributed by atoms with E-state index < -0.39 is 0 Å². The molecular weight excluding hydrogens is 362 g/mol. The Bertz CT molecular complexity index is 968. The number of carbonyl (C=O) groups is 1. The minimum absolute atomic E-state index is 0.0393. The molecule has 0 radical (unpaired) electrons. The van der Waals surface area contributed by atoms with E-state index in [1.54, 1.807) is 0 Å². The van der Waals surface area contributed by atoms with Gasteiger partial charge in [-0.3, -0.25) is 0 Å². The second kappa shape index (κ2) is 8.66. The van der Waals surface area contributed by atoms with Gasteiger partial charge >= 0.3 is 6.03 Å². The fourth-order valence-corrected chi connectivity index (χ4v) is 4.24. The lowest BCUT2D eigenvalue weighted by Crippen LogP contribution is -2.57. The van der Waals surface area contributed by atoms with Crippen LogP contribution < -0.4 is 5.32 Å². The first-order valence-corrected chi connectivity index (χ1v) is 10.3. The van der Waals surface area contributed by atoms with E-state index in [0.29, 0.717) is 6.54 Å². The molecule has 152 valence electrons. The largest absolute Gasteiger partial charge is 0.338 e. The van der Waals surface area contributed by atoms with Crippen LogP contribution in [0, 0.1) is 0 Å². The van der Waals surface area contributed by atoms with E-state index in [-0.39, 0.29) is 12.1 Å². The number of aryl methyl sites for hydroxylation is 1. The number of nitrogens with one attached hydrogen (secondary N) is 1. The molecule has 2 amide bonds. The van der Waals surface area contributed by atoms with Crippen LogP contribution in [0.1, 0.15) is 11.1 Å². The molecular formula is C23H29N5O. The number of urea groups is 1. The highest BCUT2D eigenvalue weighted by Crippen LogP contribution is 2.19. The normalized spacial score (nSPS) is 17.6. The molecule has 1 unspecified atom stereocenters. The molecule has 0 aliphatic carbocycles. The van der Waals surface area contributed by atoms with Crippen LogP contribution in [0.15, 0.2) is 54.9 Å². The lowest BCUT2D eigenvalue weighted by atomic mass is 10.0. The molecule has 2 aromatic heterocycles. The lowest BCUT2D eigenvalue weighted by molar-refractivity contribution is 0.109. The van der Waals surface area contributed by atoms with Gasteiger partial charge in [0.25, 0.3) is 0 Å². The summed E-state index contributed by atoms with van der Waals surface area (Å²) in [5.74, 6) is 0. The van der Waals surface area contributed by atoms with Crippen molar-refractivity contribution in [2.75, 3.05) is 33.2 Å². The van der Waals surface area contributed by atoms with E-state index in [9.17, 15) is 4.79 Å². The van der Waals surface area contributed by atoms with Crippen LogP contribution in [0.25, 0.3) is 11.0 Å². The molecule has 1 N–H and O–H groups in total. The number of nitrogens with zero attached hydrogens (tertiary/aromatic N) is 4. The average Bonchev–Trinajstić information content (AvgIpc) is 3.05. The van der Waals surface area contributed by atoms with Crippen LogP contribution in [-0.2, 0) is 19.9 Å². The molecule has 4 rings (SSSR count). The van der Waals surface area contributed by atoms with Crippen LogP contribution in [0.4, 0.5) is 4.79 Å². The Kier molecular flexibility index (Phi) is 5.81. The van der Waals surface area contributed by atoms with Gasteiger partial charge in [0.2, 0.25) is 0 Å². The minimum Gasteiger partial charge on any atom is -0.338 e. The summed E-state index contributed by atoms with van der Waals surface area (Å²) in [5, 5.41) is 4.30. The number of aromatic nitrogens is 2. The van der Waals surface area contributed by atoms with Crippen LogP contribution >= 0.6 is 0 Å². The predicted octanol–water partition coefficient (Wildman–Crippen LogP) is 2.68. The SMILES string of the molecule is CN1CCN(C(=O)NCCc2cn(C)c3ncccc23)C(Cc2ccccc2)C1. The van der Waals surface area contributed by atoms with Crippen molar-refractivity contribution in [2.24, 2.45) is 7.05 Å². The number of carbonyl (C=O) groups excluding carboxylic acids is 1. The number of likely N-dealkylation sites (N-methyl/N-ethyl adjacent to an activating group) is 1. The number of hydrogen-bond acceptors (Lipinski definition) is 3. The first kappa shape index (κ1) is 19.5. The van der Waals surface area contributed by atoms with Crippen molar-refractivity contribution in [2.45, 2.75) is 18.9 Å². The number of rotatable bonds is 5. The number of fused-ring (bicyclic) bond motifs is 1. The van der Waals surface area contributed by atoms with Gasteiger partial charge in [-0.15, -0.1) is 0 Å². The Morgan fingerprint density at radius 3 is 2.79 bits per heavy atom. The smallest absolute Gasteiger partial charge is 0.317 e. The average molecular weight is 392 g/mol. The zero-order valence-electron chi connectivity index (χ0n) is 17.2. The van der Waals surface area contributed by atoms with Gasteiger partial charge < -0.3 is 19.7 Å². The second-order valence-electron chi connectivity index (χ2n) is 7.92. The third kappa shape index (κ3) is 4.43. The van der Waals surface area contributed by atoms with E-state index in [1.807, 2.05) is 34.8 Å². The van der Waals surface area contributed by atoms with E-state index in [4.69, 9.17) is 0 Å². The van der Waals surface area contributed by atoms with Gasteiger partial charge in [-0.2, -0.15) is 0 Å². The van der Waals surface area contributed by atoms with Crippen molar-refractivity contribution < 1.29 is 4.79 Å². The molecule has 29 heavy (non-hydrogen) atoms. The predicted molar refractivity (Wildman–Crippen MR) is 116 cm³/mol. The standard InChI is InChI=1S/C23H29N5O/c1-26-13-14-28(20(17-26)15-18-7-4-3-5-8-18)23(29)25-12-10-19-16-27(2)22-21(19)9-6-11-24-22/h3-9,11,16,20H,10,12-15,17H2,1-2H3,(H,25,29). The molecule has 3 heterocycles. The Labute approximate surface area is 172 Å². The second-order valence-corrected chi connectivity index (χ2v) is 7.92. The summed E-state index contributed by atoms with van der Waals surface area (Å²) >= 11 is 0. The maximum atomic E-state index is 12.9. The highest BCUT2D eigenvalue weighted by molar-refractivity contribution is 5.80. The van der Waals surface area contributed by atoms with E-state index in [1.165, 1.54) is 11.1 Å².